The van der Waals surface area contributed by atoms with Crippen molar-refractivity contribution in [1.82, 2.24) is 4.98 Å². The van der Waals surface area contributed by atoms with Crippen LogP contribution in [0.1, 0.15) is 50.5 Å². The average Bonchev–Trinajstić information content (AvgIpc) is 2.83. The van der Waals surface area contributed by atoms with E-state index >= 15 is 0 Å². The predicted octanol–water partition coefficient (Wildman–Crippen LogP) is 3.23. The number of hydrogen-bond acceptors (Lipinski definition) is 5. The molecule has 1 amide bonds. The van der Waals surface area contributed by atoms with E-state index in [0.29, 0.717) is 16.3 Å². The summed E-state index contributed by atoms with van der Waals surface area (Å²) < 4.78 is 0. The van der Waals surface area contributed by atoms with Crippen molar-refractivity contribution in [2.75, 3.05) is 5.32 Å². The van der Waals surface area contributed by atoms with Gasteiger partial charge in [-0.25, -0.2) is 9.78 Å². The van der Waals surface area contributed by atoms with E-state index < -0.39 is 5.97 Å². The van der Waals surface area contributed by atoms with Gasteiger partial charge in [-0.05, 0) is 25.1 Å². The molecule has 0 fully saturated rings. The highest BCUT2D eigenvalue weighted by molar-refractivity contribution is 7.14. The molecule has 116 valence electrons. The van der Waals surface area contributed by atoms with Gasteiger partial charge in [0.1, 0.15) is 16.2 Å². The lowest BCUT2D eigenvalue weighted by Crippen LogP contribution is -2.12. The highest BCUT2D eigenvalue weighted by atomic mass is 32.1. The third-order valence-corrected chi connectivity index (χ3v) is 4.45. The van der Waals surface area contributed by atoms with Crippen LogP contribution < -0.4 is 5.32 Å². The van der Waals surface area contributed by atoms with Crippen molar-refractivity contribution in [3.63, 3.8) is 0 Å². The van der Waals surface area contributed by atoms with Gasteiger partial charge in [-0.2, -0.15) is 0 Å². The Bertz CT molecular complexity index is 737. The summed E-state index contributed by atoms with van der Waals surface area (Å²) in [5.74, 6) is -1.72. The Morgan fingerprint density at radius 1 is 1.32 bits per heavy atom. The van der Waals surface area contributed by atoms with E-state index in [2.05, 4.69) is 10.3 Å². The first kappa shape index (κ1) is 16.0. The summed E-state index contributed by atoms with van der Waals surface area (Å²) >= 11 is 1.32. The van der Waals surface area contributed by atoms with Crippen LogP contribution in [0, 0.1) is 6.92 Å². The lowest BCUT2D eigenvalue weighted by Gasteiger charge is -2.06. The smallest absolute Gasteiger partial charge is 0.339 e. The molecule has 0 atom stereocenters. The number of thiazole rings is 1. The number of aromatic nitrogens is 1. The van der Waals surface area contributed by atoms with Crippen molar-refractivity contribution in [3.8, 4) is 5.75 Å². The van der Waals surface area contributed by atoms with Crippen molar-refractivity contribution in [1.29, 1.82) is 0 Å². The molecule has 7 heteroatoms. The minimum absolute atomic E-state index is 0.234. The molecule has 0 aliphatic rings. The molecule has 0 spiro atoms. The van der Waals surface area contributed by atoms with Gasteiger partial charge in [-0.15, -0.1) is 11.3 Å². The third-order valence-electron chi connectivity index (χ3n) is 3.00. The molecular weight excluding hydrogens is 304 g/mol. The Morgan fingerprint density at radius 2 is 2.00 bits per heavy atom. The maximum Gasteiger partial charge on any atom is 0.339 e. The average molecular weight is 320 g/mol. The maximum atomic E-state index is 12.3. The van der Waals surface area contributed by atoms with E-state index in [1.807, 2.05) is 13.8 Å². The monoisotopic (exact) mass is 320 g/mol. The van der Waals surface area contributed by atoms with Gasteiger partial charge in [-0.1, -0.05) is 13.8 Å². The van der Waals surface area contributed by atoms with Gasteiger partial charge in [0.05, 0.1) is 10.7 Å². The molecule has 1 aromatic carbocycles. The number of aromatic hydroxyl groups is 1. The molecule has 1 aromatic heterocycles. The van der Waals surface area contributed by atoms with Crippen LogP contribution in [-0.4, -0.2) is 27.1 Å². The number of nitrogens with one attached hydrogen (secondary N) is 1. The van der Waals surface area contributed by atoms with Crippen LogP contribution in [0.3, 0.4) is 0 Å². The molecule has 0 saturated heterocycles. The number of nitrogens with zero attached hydrogens (tertiary/aromatic N) is 1. The lowest BCUT2D eigenvalue weighted by atomic mass is 10.1. The molecule has 2 rings (SSSR count). The van der Waals surface area contributed by atoms with Crippen LogP contribution in [0.4, 0.5) is 5.69 Å². The number of hydrogen-bond donors (Lipinski definition) is 3. The van der Waals surface area contributed by atoms with Crippen LogP contribution in [0.25, 0.3) is 0 Å². The van der Waals surface area contributed by atoms with Crippen LogP contribution in [0.5, 0.6) is 5.75 Å². The zero-order valence-corrected chi connectivity index (χ0v) is 13.2. The van der Waals surface area contributed by atoms with Gasteiger partial charge in [0.2, 0.25) is 0 Å². The maximum absolute atomic E-state index is 12.3. The van der Waals surface area contributed by atoms with Crippen LogP contribution in [0.15, 0.2) is 18.2 Å². The fourth-order valence-corrected chi connectivity index (χ4v) is 2.81. The van der Waals surface area contributed by atoms with E-state index in [1.54, 1.807) is 6.92 Å². The zero-order chi connectivity index (χ0) is 16.4. The second-order valence-corrected chi connectivity index (χ2v) is 6.14. The SMILES string of the molecule is Cc1nc(C(C)C)sc1C(=O)Nc1ccc(O)c(C(=O)O)c1. The summed E-state index contributed by atoms with van der Waals surface area (Å²) in [5.41, 5.74) is 0.684. The fourth-order valence-electron chi connectivity index (χ4n) is 1.85. The first-order chi connectivity index (χ1) is 10.3. The summed E-state index contributed by atoms with van der Waals surface area (Å²) in [5, 5.41) is 21.9. The first-order valence-corrected chi connectivity index (χ1v) is 7.46. The Morgan fingerprint density at radius 3 is 2.55 bits per heavy atom. The number of benzene rings is 1. The number of aryl methyl sites for hydroxylation is 1. The van der Waals surface area contributed by atoms with Crippen molar-refractivity contribution in [2.45, 2.75) is 26.7 Å². The highest BCUT2D eigenvalue weighted by Gasteiger charge is 2.18. The van der Waals surface area contributed by atoms with Gasteiger partial charge in [-0.3, -0.25) is 4.79 Å². The minimum Gasteiger partial charge on any atom is -0.507 e. The van der Waals surface area contributed by atoms with Crippen LogP contribution >= 0.6 is 11.3 Å². The van der Waals surface area contributed by atoms with Crippen LogP contribution in [-0.2, 0) is 0 Å². The second kappa shape index (κ2) is 6.15. The summed E-state index contributed by atoms with van der Waals surface area (Å²) in [4.78, 5) is 28.1. The van der Waals surface area contributed by atoms with Crippen molar-refractivity contribution < 1.29 is 19.8 Å². The first-order valence-electron chi connectivity index (χ1n) is 6.64. The summed E-state index contributed by atoms with van der Waals surface area (Å²) in [6, 6.07) is 3.90. The molecule has 0 radical (unpaired) electrons. The normalized spacial score (nSPS) is 10.7. The highest BCUT2D eigenvalue weighted by Crippen LogP contribution is 2.26. The molecule has 2 aromatic rings. The number of carboxylic acids is 1. The number of rotatable bonds is 4. The van der Waals surface area contributed by atoms with E-state index in [9.17, 15) is 14.7 Å². The quantitative estimate of drug-likeness (QED) is 0.751. The number of carboxylic acid groups (broad SMARTS) is 1. The standard InChI is InChI=1S/C15H16N2O4S/c1-7(2)14-16-8(3)12(22-14)13(19)17-9-4-5-11(18)10(6-9)15(20)21/h4-7,18H,1-3H3,(H,17,19)(H,20,21). The topological polar surface area (TPSA) is 99.5 Å². The summed E-state index contributed by atoms with van der Waals surface area (Å²) in [6.45, 7) is 5.76. The van der Waals surface area contributed by atoms with E-state index in [1.165, 1.54) is 29.5 Å². The number of aromatic carboxylic acids is 1. The molecule has 22 heavy (non-hydrogen) atoms. The van der Waals surface area contributed by atoms with E-state index in [-0.39, 0.29) is 23.1 Å². The van der Waals surface area contributed by atoms with Crippen molar-refractivity contribution in [2.24, 2.45) is 0 Å². The van der Waals surface area contributed by atoms with Crippen LogP contribution in [0.2, 0.25) is 0 Å². The Hall–Kier alpha value is -2.41. The van der Waals surface area contributed by atoms with Crippen molar-refractivity contribution in [3.05, 3.63) is 39.3 Å². The number of phenols is 1. The Balaban J connectivity index is 2.26. The number of carbonyl (C=O) groups excluding carboxylic acids is 1. The fraction of sp³-hybridized carbons (Fsp3) is 0.267. The second-order valence-electron chi connectivity index (χ2n) is 5.11. The van der Waals surface area contributed by atoms with Gasteiger partial charge >= 0.3 is 5.97 Å². The molecule has 1 heterocycles. The molecule has 0 bridgehead atoms. The largest absolute Gasteiger partial charge is 0.507 e. The molecule has 0 saturated carbocycles. The lowest BCUT2D eigenvalue weighted by molar-refractivity contribution is 0.0693. The van der Waals surface area contributed by atoms with Gasteiger partial charge in [0, 0.05) is 11.6 Å². The molecule has 3 N–H and O–H groups in total. The third kappa shape index (κ3) is 3.25. The molecule has 0 unspecified atom stereocenters. The van der Waals surface area contributed by atoms with Gasteiger partial charge < -0.3 is 15.5 Å². The zero-order valence-electron chi connectivity index (χ0n) is 12.4. The number of anilines is 1. The van der Waals surface area contributed by atoms with E-state index in [4.69, 9.17) is 5.11 Å². The minimum atomic E-state index is -1.26. The predicted molar refractivity (Wildman–Crippen MR) is 84.0 cm³/mol. The molecule has 6 nitrogen and oxygen atoms in total. The number of amides is 1. The van der Waals surface area contributed by atoms with Gasteiger partial charge in [0.15, 0.2) is 0 Å². The number of carbonyl (C=O) groups is 2. The molecule has 0 aliphatic heterocycles. The summed E-state index contributed by atoms with van der Waals surface area (Å²) in [6.07, 6.45) is 0. The van der Waals surface area contributed by atoms with Crippen molar-refractivity contribution >= 4 is 28.9 Å². The molecular formula is C15H16N2O4S. The summed E-state index contributed by atoms with van der Waals surface area (Å²) in [7, 11) is 0. The van der Waals surface area contributed by atoms with Gasteiger partial charge in [0.25, 0.3) is 5.91 Å². The molecule has 0 aliphatic carbocycles. The van der Waals surface area contributed by atoms with E-state index in [0.717, 1.165) is 5.01 Å². The Labute approximate surface area is 131 Å². The Kier molecular flexibility index (Phi) is 4.46.